The monoisotopic (exact) mass is 473 g/mol. The minimum Gasteiger partial charge on any atom is -0.490 e. The second-order valence-electron chi connectivity index (χ2n) is 6.14. The Morgan fingerprint density at radius 3 is 2.55 bits per heavy atom. The Balaban J connectivity index is 1.91. The average molecular weight is 475 g/mol. The Hall–Kier alpha value is -1.57. The van der Waals surface area contributed by atoms with Crippen molar-refractivity contribution in [2.45, 2.75) is 6.92 Å². The molecule has 0 amide bonds. The molecule has 0 aliphatic carbocycles. The van der Waals surface area contributed by atoms with Crippen molar-refractivity contribution in [1.82, 2.24) is 4.90 Å². The summed E-state index contributed by atoms with van der Waals surface area (Å²) in [4.78, 5) is 15.3. The van der Waals surface area contributed by atoms with E-state index >= 15 is 0 Å². The molecule has 29 heavy (non-hydrogen) atoms. The number of benzene rings is 2. The van der Waals surface area contributed by atoms with Crippen LogP contribution in [0.15, 0.2) is 30.3 Å². The molecule has 1 heterocycles. The summed E-state index contributed by atoms with van der Waals surface area (Å²) in [5, 5.41) is 0.787. The molecule has 0 bridgehead atoms. The number of ether oxygens (including phenoxy) is 3. The Morgan fingerprint density at radius 2 is 1.86 bits per heavy atom. The van der Waals surface area contributed by atoms with E-state index < -0.39 is 5.97 Å². The van der Waals surface area contributed by atoms with Gasteiger partial charge in [0.1, 0.15) is 4.99 Å². The van der Waals surface area contributed by atoms with Gasteiger partial charge in [-0.15, -0.1) is 0 Å². The third-order valence-corrected chi connectivity index (χ3v) is 5.54. The quantitative estimate of drug-likeness (QED) is 0.334. The Kier molecular flexibility index (Phi) is 7.60. The molecule has 2 aromatic rings. The number of morpholine rings is 1. The summed E-state index contributed by atoms with van der Waals surface area (Å²) in [7, 11) is 0. The van der Waals surface area contributed by atoms with Gasteiger partial charge < -0.3 is 19.1 Å². The molecule has 1 saturated heterocycles. The second-order valence-corrected chi connectivity index (χ2v) is 7.77. The first kappa shape index (κ1) is 22.1. The lowest BCUT2D eigenvalue weighted by Crippen LogP contribution is -2.40. The molecule has 0 unspecified atom stereocenters. The highest BCUT2D eigenvalue weighted by molar-refractivity contribution is 7.80. The molecule has 0 saturated carbocycles. The number of carbonyl (C=O) groups excluding carboxylic acids is 1. The highest BCUT2D eigenvalue weighted by atomic mass is 35.5. The van der Waals surface area contributed by atoms with Gasteiger partial charge in [-0.2, -0.15) is 0 Å². The van der Waals surface area contributed by atoms with Crippen LogP contribution in [0.5, 0.6) is 11.5 Å². The molecule has 154 valence electrons. The van der Waals surface area contributed by atoms with Gasteiger partial charge in [0.2, 0.25) is 0 Å². The summed E-state index contributed by atoms with van der Waals surface area (Å²) in [5.41, 5.74) is 0.835. The van der Waals surface area contributed by atoms with E-state index in [2.05, 4.69) is 0 Å². The van der Waals surface area contributed by atoms with Crippen molar-refractivity contribution >= 4 is 58.0 Å². The fraction of sp³-hybridized carbons (Fsp3) is 0.300. The Labute approximate surface area is 189 Å². The van der Waals surface area contributed by atoms with Gasteiger partial charge in [-0.1, -0.05) is 47.0 Å². The topological polar surface area (TPSA) is 48.0 Å². The molecule has 5 nitrogen and oxygen atoms in total. The van der Waals surface area contributed by atoms with Crippen molar-refractivity contribution in [2.75, 3.05) is 32.9 Å². The summed E-state index contributed by atoms with van der Waals surface area (Å²) in [5.74, 6) is -0.274. The van der Waals surface area contributed by atoms with Crippen LogP contribution in [0, 0.1) is 0 Å². The van der Waals surface area contributed by atoms with Crippen molar-refractivity contribution in [2.24, 2.45) is 0 Å². The maximum Gasteiger partial charge on any atom is 0.345 e. The zero-order valence-electron chi connectivity index (χ0n) is 15.5. The molecule has 0 radical (unpaired) electrons. The zero-order valence-corrected chi connectivity index (χ0v) is 18.6. The van der Waals surface area contributed by atoms with E-state index in [0.717, 1.165) is 0 Å². The van der Waals surface area contributed by atoms with E-state index in [1.54, 1.807) is 18.2 Å². The van der Waals surface area contributed by atoms with E-state index in [-0.39, 0.29) is 21.4 Å². The largest absolute Gasteiger partial charge is 0.490 e. The van der Waals surface area contributed by atoms with Gasteiger partial charge in [-0.25, -0.2) is 4.79 Å². The molecule has 3 rings (SSSR count). The van der Waals surface area contributed by atoms with Crippen molar-refractivity contribution < 1.29 is 19.0 Å². The molecule has 9 heteroatoms. The van der Waals surface area contributed by atoms with Crippen LogP contribution in [0.3, 0.4) is 0 Å². The molecule has 1 fully saturated rings. The van der Waals surface area contributed by atoms with Crippen LogP contribution >= 0.6 is 47.0 Å². The maximum atomic E-state index is 12.6. The predicted molar refractivity (Wildman–Crippen MR) is 118 cm³/mol. The molecule has 0 aromatic heterocycles. The second kappa shape index (κ2) is 9.96. The molecule has 0 N–H and O–H groups in total. The molecule has 1 aliphatic rings. The smallest absolute Gasteiger partial charge is 0.345 e. The lowest BCUT2D eigenvalue weighted by atomic mass is 10.1. The van der Waals surface area contributed by atoms with Crippen LogP contribution in [-0.2, 0) is 4.74 Å². The van der Waals surface area contributed by atoms with Crippen molar-refractivity contribution in [3.8, 4) is 11.5 Å². The molecular formula is C20H18Cl3NO4S. The number of carbonyl (C=O) groups is 1. The molecule has 0 atom stereocenters. The number of hydrogen-bond donors (Lipinski definition) is 0. The number of halogens is 3. The number of esters is 1. The van der Waals surface area contributed by atoms with Crippen LogP contribution in [0.2, 0.25) is 15.1 Å². The van der Waals surface area contributed by atoms with Crippen molar-refractivity contribution in [3.05, 3.63) is 56.5 Å². The maximum absolute atomic E-state index is 12.6. The van der Waals surface area contributed by atoms with Crippen LogP contribution < -0.4 is 9.47 Å². The van der Waals surface area contributed by atoms with Crippen LogP contribution in [0.4, 0.5) is 0 Å². The number of rotatable bonds is 5. The van der Waals surface area contributed by atoms with Crippen LogP contribution in [0.1, 0.15) is 22.8 Å². The third kappa shape index (κ3) is 5.32. The predicted octanol–water partition coefficient (Wildman–Crippen LogP) is 5.27. The van der Waals surface area contributed by atoms with E-state index in [4.69, 9.17) is 61.2 Å². The fourth-order valence-electron chi connectivity index (χ4n) is 2.80. The van der Waals surface area contributed by atoms with Gasteiger partial charge in [0.05, 0.1) is 35.4 Å². The van der Waals surface area contributed by atoms with Gasteiger partial charge in [0.25, 0.3) is 0 Å². The normalized spacial score (nSPS) is 13.9. The van der Waals surface area contributed by atoms with E-state index in [0.29, 0.717) is 54.2 Å². The first-order valence-electron chi connectivity index (χ1n) is 8.91. The van der Waals surface area contributed by atoms with Crippen molar-refractivity contribution in [3.63, 3.8) is 0 Å². The first-order chi connectivity index (χ1) is 13.9. The summed E-state index contributed by atoms with van der Waals surface area (Å²) >= 11 is 24.1. The minimum atomic E-state index is -0.691. The summed E-state index contributed by atoms with van der Waals surface area (Å²) in [6.45, 7) is 4.80. The van der Waals surface area contributed by atoms with Crippen LogP contribution in [-0.4, -0.2) is 48.8 Å². The Morgan fingerprint density at radius 1 is 1.14 bits per heavy atom. The summed E-state index contributed by atoms with van der Waals surface area (Å²) < 4.78 is 16.5. The Bertz CT molecular complexity index is 932. The number of nitrogens with zero attached hydrogens (tertiary/aromatic N) is 1. The highest BCUT2D eigenvalue weighted by Gasteiger charge is 2.22. The van der Waals surface area contributed by atoms with Gasteiger partial charge in [-0.3, -0.25) is 0 Å². The minimum absolute atomic E-state index is 0.100. The number of thiocarbonyl (C=S) groups is 1. The molecule has 2 aromatic carbocycles. The summed E-state index contributed by atoms with van der Waals surface area (Å²) in [6, 6.07) is 7.91. The first-order valence-corrected chi connectivity index (χ1v) is 10.5. The van der Waals surface area contributed by atoms with E-state index in [9.17, 15) is 4.79 Å². The van der Waals surface area contributed by atoms with Gasteiger partial charge in [0, 0.05) is 23.7 Å². The lowest BCUT2D eigenvalue weighted by molar-refractivity contribution is 0.0692. The SMILES string of the molecule is CCOc1cc(C(=S)N2CCOCC2)cc(Cl)c1OC(=O)c1cc(Cl)ccc1Cl. The lowest BCUT2D eigenvalue weighted by Gasteiger charge is -2.29. The van der Waals surface area contributed by atoms with Crippen molar-refractivity contribution in [1.29, 1.82) is 0 Å². The van der Waals surface area contributed by atoms with Gasteiger partial charge in [0.15, 0.2) is 11.5 Å². The average Bonchev–Trinajstić information content (AvgIpc) is 2.72. The fourth-order valence-corrected chi connectivity index (χ4v) is 3.72. The van der Waals surface area contributed by atoms with Gasteiger partial charge >= 0.3 is 5.97 Å². The molecule has 1 aliphatic heterocycles. The van der Waals surface area contributed by atoms with E-state index in [1.807, 2.05) is 11.8 Å². The third-order valence-electron chi connectivity index (χ3n) is 4.20. The zero-order chi connectivity index (χ0) is 21.0. The number of hydrogen-bond acceptors (Lipinski definition) is 5. The van der Waals surface area contributed by atoms with Crippen LogP contribution in [0.25, 0.3) is 0 Å². The summed E-state index contributed by atoms with van der Waals surface area (Å²) in [6.07, 6.45) is 0. The van der Waals surface area contributed by atoms with Gasteiger partial charge in [-0.05, 0) is 37.3 Å². The highest BCUT2D eigenvalue weighted by Crippen LogP contribution is 2.38. The molecule has 0 spiro atoms. The molecular weight excluding hydrogens is 457 g/mol. The van der Waals surface area contributed by atoms with E-state index in [1.165, 1.54) is 12.1 Å². The standard InChI is InChI=1S/C20H18Cl3NO4S/c1-2-27-17-10-12(19(29)24-5-7-26-8-6-24)9-16(23)18(17)28-20(25)14-11-13(21)3-4-15(14)22/h3-4,9-11H,2,5-8H2,1H3.